The predicted molar refractivity (Wildman–Crippen MR) is 64.2 cm³/mol. The van der Waals surface area contributed by atoms with Gasteiger partial charge in [0, 0.05) is 12.8 Å². The highest BCUT2D eigenvalue weighted by molar-refractivity contribution is 7.99. The van der Waals surface area contributed by atoms with Gasteiger partial charge in [-0.3, -0.25) is 4.79 Å². The molecule has 1 amide bonds. The van der Waals surface area contributed by atoms with Gasteiger partial charge < -0.3 is 10.1 Å². The third-order valence-electron chi connectivity index (χ3n) is 1.80. The lowest BCUT2D eigenvalue weighted by atomic mass is 10.2. The van der Waals surface area contributed by atoms with Gasteiger partial charge in [-0.05, 0) is 24.0 Å². The van der Waals surface area contributed by atoms with E-state index in [1.807, 2.05) is 30.5 Å². The van der Waals surface area contributed by atoms with Gasteiger partial charge in [0.15, 0.2) is 0 Å². The average Bonchev–Trinajstić information content (AvgIpc) is 2.19. The predicted octanol–water partition coefficient (Wildman–Crippen LogP) is 2.13. The Morgan fingerprint density at radius 3 is 3.00 bits per heavy atom. The summed E-state index contributed by atoms with van der Waals surface area (Å²) in [4.78, 5) is 11.3. The minimum atomic E-state index is 0.0251. The van der Waals surface area contributed by atoms with E-state index in [0.29, 0.717) is 12.4 Å². The maximum Gasteiger partial charge on any atom is 0.234 e. The van der Waals surface area contributed by atoms with Crippen molar-refractivity contribution < 1.29 is 9.53 Å². The molecule has 3 nitrogen and oxygen atoms in total. The number of benzene rings is 1. The van der Waals surface area contributed by atoms with Crippen LogP contribution in [0.4, 0.5) is 5.69 Å². The molecule has 1 N–H and O–H groups in total. The zero-order valence-corrected chi connectivity index (χ0v) is 9.76. The normalized spacial score (nSPS) is 10.0. The molecular weight excluding hydrogens is 210 g/mol. The molecule has 1 aromatic rings. The fraction of sp³-hybridized carbons (Fsp3) is 0.364. The van der Waals surface area contributed by atoms with Crippen LogP contribution < -0.4 is 5.32 Å². The number of amides is 1. The van der Waals surface area contributed by atoms with Crippen LogP contribution in [0.15, 0.2) is 24.3 Å². The monoisotopic (exact) mass is 225 g/mol. The molecule has 0 aliphatic heterocycles. The van der Waals surface area contributed by atoms with Gasteiger partial charge in [0.25, 0.3) is 0 Å². The number of methoxy groups -OCH3 is 1. The van der Waals surface area contributed by atoms with Crippen LogP contribution in [0.1, 0.15) is 5.56 Å². The van der Waals surface area contributed by atoms with Gasteiger partial charge in [-0.1, -0.05) is 12.1 Å². The maximum absolute atomic E-state index is 11.3. The summed E-state index contributed by atoms with van der Waals surface area (Å²) in [5.41, 5.74) is 1.88. The number of carbonyl (C=O) groups excluding carboxylic acids is 1. The lowest BCUT2D eigenvalue weighted by Gasteiger charge is -2.06. The van der Waals surface area contributed by atoms with E-state index < -0.39 is 0 Å². The van der Waals surface area contributed by atoms with Crippen LogP contribution in [0, 0.1) is 0 Å². The second-order valence-electron chi connectivity index (χ2n) is 3.11. The molecule has 0 unspecified atom stereocenters. The summed E-state index contributed by atoms with van der Waals surface area (Å²) in [6, 6.07) is 7.66. The fourth-order valence-corrected chi connectivity index (χ4v) is 1.57. The van der Waals surface area contributed by atoms with E-state index in [-0.39, 0.29) is 5.91 Å². The molecule has 0 aliphatic carbocycles. The molecule has 0 spiro atoms. The van der Waals surface area contributed by atoms with E-state index in [2.05, 4.69) is 5.32 Å². The van der Waals surface area contributed by atoms with Crippen molar-refractivity contribution in [2.75, 3.05) is 24.4 Å². The van der Waals surface area contributed by atoms with Crippen LogP contribution in [0.2, 0.25) is 0 Å². The molecule has 0 atom stereocenters. The highest BCUT2D eigenvalue weighted by Crippen LogP contribution is 2.11. The number of ether oxygens (including phenoxy) is 1. The van der Waals surface area contributed by atoms with Crippen molar-refractivity contribution >= 4 is 23.4 Å². The zero-order valence-electron chi connectivity index (χ0n) is 8.95. The summed E-state index contributed by atoms with van der Waals surface area (Å²) >= 11 is 1.51. The summed E-state index contributed by atoms with van der Waals surface area (Å²) < 4.78 is 5.02. The van der Waals surface area contributed by atoms with Crippen molar-refractivity contribution in [2.24, 2.45) is 0 Å². The Balaban J connectivity index is 2.60. The Hall–Kier alpha value is -1.00. The highest BCUT2D eigenvalue weighted by Gasteiger charge is 2.01. The molecule has 0 fully saturated rings. The Bertz CT molecular complexity index is 328. The topological polar surface area (TPSA) is 38.3 Å². The number of carbonyl (C=O) groups is 1. The first-order valence-electron chi connectivity index (χ1n) is 4.63. The first-order chi connectivity index (χ1) is 7.26. The largest absolute Gasteiger partial charge is 0.380 e. The number of nitrogens with one attached hydrogen (secondary N) is 1. The summed E-state index contributed by atoms with van der Waals surface area (Å²) in [5.74, 6) is 0.506. The number of anilines is 1. The van der Waals surface area contributed by atoms with Gasteiger partial charge in [0.1, 0.15) is 0 Å². The molecule has 15 heavy (non-hydrogen) atoms. The highest BCUT2D eigenvalue weighted by atomic mass is 32.2. The number of rotatable bonds is 5. The van der Waals surface area contributed by atoms with Gasteiger partial charge in [0.05, 0.1) is 12.4 Å². The molecular formula is C11H15NO2S. The van der Waals surface area contributed by atoms with E-state index in [0.717, 1.165) is 11.3 Å². The first kappa shape index (κ1) is 12.1. The van der Waals surface area contributed by atoms with Crippen molar-refractivity contribution in [3.05, 3.63) is 29.8 Å². The fourth-order valence-electron chi connectivity index (χ4n) is 1.23. The van der Waals surface area contributed by atoms with Gasteiger partial charge >= 0.3 is 0 Å². The van der Waals surface area contributed by atoms with Crippen molar-refractivity contribution in [3.63, 3.8) is 0 Å². The number of thioether (sulfide) groups is 1. The van der Waals surface area contributed by atoms with Crippen molar-refractivity contribution in [3.8, 4) is 0 Å². The van der Waals surface area contributed by atoms with E-state index in [9.17, 15) is 4.79 Å². The Morgan fingerprint density at radius 2 is 2.33 bits per heavy atom. The molecule has 1 rings (SSSR count). The first-order valence-corrected chi connectivity index (χ1v) is 6.02. The standard InChI is InChI=1S/C11H15NO2S/c1-14-7-9-4-3-5-10(6-9)12-11(13)8-15-2/h3-6H,7-8H2,1-2H3,(H,12,13). The lowest BCUT2D eigenvalue weighted by Crippen LogP contribution is -2.13. The molecule has 0 aliphatic rings. The summed E-state index contributed by atoms with van der Waals surface area (Å²) in [7, 11) is 1.65. The van der Waals surface area contributed by atoms with Crippen molar-refractivity contribution in [1.29, 1.82) is 0 Å². The van der Waals surface area contributed by atoms with E-state index in [1.165, 1.54) is 11.8 Å². The molecule has 0 saturated carbocycles. The molecule has 0 radical (unpaired) electrons. The Kier molecular flexibility index (Phi) is 5.21. The minimum absolute atomic E-state index is 0.0251. The second-order valence-corrected chi connectivity index (χ2v) is 3.98. The van der Waals surface area contributed by atoms with E-state index in [4.69, 9.17) is 4.74 Å². The summed E-state index contributed by atoms with van der Waals surface area (Å²) in [5, 5.41) is 2.83. The van der Waals surface area contributed by atoms with Crippen LogP contribution in [0.25, 0.3) is 0 Å². The third kappa shape index (κ3) is 4.36. The Labute approximate surface area is 94.2 Å². The SMILES string of the molecule is COCc1cccc(NC(=O)CSC)c1. The van der Waals surface area contributed by atoms with Crippen LogP contribution in [0.5, 0.6) is 0 Å². The molecule has 0 bridgehead atoms. The quantitative estimate of drug-likeness (QED) is 0.834. The van der Waals surface area contributed by atoms with Crippen LogP contribution in [0.3, 0.4) is 0 Å². The zero-order chi connectivity index (χ0) is 11.1. The van der Waals surface area contributed by atoms with Gasteiger partial charge in [-0.15, -0.1) is 0 Å². The van der Waals surface area contributed by atoms with Gasteiger partial charge in [0.2, 0.25) is 5.91 Å². The second kappa shape index (κ2) is 6.48. The molecule has 82 valence electrons. The smallest absolute Gasteiger partial charge is 0.234 e. The van der Waals surface area contributed by atoms with Crippen LogP contribution in [-0.2, 0) is 16.1 Å². The molecule has 0 heterocycles. The molecule has 0 saturated heterocycles. The van der Waals surface area contributed by atoms with Crippen molar-refractivity contribution in [1.82, 2.24) is 0 Å². The summed E-state index contributed by atoms with van der Waals surface area (Å²) in [6.07, 6.45) is 1.90. The van der Waals surface area contributed by atoms with Crippen LogP contribution >= 0.6 is 11.8 Å². The van der Waals surface area contributed by atoms with Crippen molar-refractivity contribution in [2.45, 2.75) is 6.61 Å². The minimum Gasteiger partial charge on any atom is -0.380 e. The maximum atomic E-state index is 11.3. The third-order valence-corrected chi connectivity index (χ3v) is 2.35. The molecule has 0 aromatic heterocycles. The van der Waals surface area contributed by atoms with E-state index >= 15 is 0 Å². The van der Waals surface area contributed by atoms with Gasteiger partial charge in [-0.25, -0.2) is 0 Å². The van der Waals surface area contributed by atoms with Gasteiger partial charge in [-0.2, -0.15) is 11.8 Å². The number of hydrogen-bond acceptors (Lipinski definition) is 3. The summed E-state index contributed by atoms with van der Waals surface area (Å²) in [6.45, 7) is 0.562. The Morgan fingerprint density at radius 1 is 1.53 bits per heavy atom. The molecule has 1 aromatic carbocycles. The lowest BCUT2D eigenvalue weighted by molar-refractivity contribution is -0.113. The average molecular weight is 225 g/mol. The molecule has 4 heteroatoms. The van der Waals surface area contributed by atoms with Crippen LogP contribution in [-0.4, -0.2) is 25.0 Å². The number of hydrogen-bond donors (Lipinski definition) is 1. The van der Waals surface area contributed by atoms with E-state index in [1.54, 1.807) is 7.11 Å².